The Morgan fingerprint density at radius 2 is 1.90 bits per heavy atom. The number of carbonyl (C=O) groups is 1. The summed E-state index contributed by atoms with van der Waals surface area (Å²) in [4.78, 5) is 17.6. The maximum absolute atomic E-state index is 14.9. The summed E-state index contributed by atoms with van der Waals surface area (Å²) < 4.78 is 60.2. The van der Waals surface area contributed by atoms with Gasteiger partial charge in [0.2, 0.25) is 10.0 Å². The number of hydrogen-bond acceptors (Lipinski definition) is 8. The van der Waals surface area contributed by atoms with E-state index in [1.807, 2.05) is 19.9 Å². The fourth-order valence-corrected chi connectivity index (χ4v) is 6.48. The predicted octanol–water partition coefficient (Wildman–Crippen LogP) is 5.26. The Kier molecular flexibility index (Phi) is 8.45. The van der Waals surface area contributed by atoms with Crippen LogP contribution in [0, 0.1) is 12.7 Å². The number of nitrogens with zero attached hydrogens (tertiary/aromatic N) is 3. The van der Waals surface area contributed by atoms with Crippen molar-refractivity contribution in [3.05, 3.63) is 59.0 Å². The number of anilines is 1. The first-order valence-electron chi connectivity index (χ1n) is 12.3. The molecular weight excluding hydrogens is 545 g/mol. The number of fused-ring (bicyclic) bond motifs is 1. The van der Waals surface area contributed by atoms with Gasteiger partial charge in [-0.3, -0.25) is 9.29 Å². The summed E-state index contributed by atoms with van der Waals surface area (Å²) in [6.45, 7) is 5.84. The number of hydrogen-bond donors (Lipinski definition) is 0. The Labute approximate surface area is 230 Å². The van der Waals surface area contributed by atoms with Crippen LogP contribution in [0.2, 0.25) is 0 Å². The summed E-state index contributed by atoms with van der Waals surface area (Å²) in [5.41, 5.74) is 2.01. The number of thiophene rings is 1. The third-order valence-electron chi connectivity index (χ3n) is 6.28. The van der Waals surface area contributed by atoms with E-state index in [-0.39, 0.29) is 18.8 Å². The van der Waals surface area contributed by atoms with Crippen molar-refractivity contribution in [2.24, 2.45) is 0 Å². The third-order valence-corrected chi connectivity index (χ3v) is 9.19. The van der Waals surface area contributed by atoms with E-state index >= 15 is 0 Å². The molecular formula is C27H30FN3O6S2. The second-order valence-corrected chi connectivity index (χ2v) is 11.8. The highest BCUT2D eigenvalue weighted by Gasteiger charge is 2.24. The first kappa shape index (κ1) is 28.4. The summed E-state index contributed by atoms with van der Waals surface area (Å²) in [5.74, 6) is -0.155. The molecule has 0 saturated heterocycles. The Bertz CT molecular complexity index is 1610. The first-order valence-corrected chi connectivity index (χ1v) is 14.7. The van der Waals surface area contributed by atoms with Crippen molar-refractivity contribution in [3.8, 4) is 22.1 Å². The van der Waals surface area contributed by atoms with Crippen LogP contribution in [-0.2, 0) is 21.3 Å². The summed E-state index contributed by atoms with van der Waals surface area (Å²) in [6.07, 6.45) is 1.52. The maximum Gasteiger partial charge on any atom is 0.351 e. The van der Waals surface area contributed by atoms with Gasteiger partial charge in [0.05, 0.1) is 54.9 Å². The highest BCUT2D eigenvalue weighted by Crippen LogP contribution is 2.37. The minimum atomic E-state index is -3.71. The van der Waals surface area contributed by atoms with Crippen LogP contribution in [-0.4, -0.2) is 57.1 Å². The van der Waals surface area contributed by atoms with Crippen molar-refractivity contribution >= 4 is 43.9 Å². The van der Waals surface area contributed by atoms with Gasteiger partial charge in [-0.2, -0.15) is 0 Å². The minimum absolute atomic E-state index is 0.0585. The number of rotatable bonds is 11. The molecule has 0 N–H and O–H groups in total. The molecule has 0 unspecified atom stereocenters. The van der Waals surface area contributed by atoms with E-state index in [1.54, 1.807) is 35.8 Å². The molecule has 4 rings (SSSR count). The molecule has 208 valence electrons. The number of esters is 1. The third kappa shape index (κ3) is 5.57. The molecule has 39 heavy (non-hydrogen) atoms. The molecule has 0 spiro atoms. The fourth-order valence-electron chi connectivity index (χ4n) is 4.39. The summed E-state index contributed by atoms with van der Waals surface area (Å²) in [7, 11) is -0.889. The van der Waals surface area contributed by atoms with E-state index in [0.29, 0.717) is 50.1 Å². The normalized spacial score (nSPS) is 11.5. The van der Waals surface area contributed by atoms with Gasteiger partial charge in [-0.05, 0) is 51.1 Å². The number of aryl methyl sites for hydroxylation is 1. The zero-order chi connectivity index (χ0) is 28.3. The molecule has 0 atom stereocenters. The lowest BCUT2D eigenvalue weighted by Gasteiger charge is -2.25. The van der Waals surface area contributed by atoms with E-state index in [4.69, 9.17) is 14.2 Å². The van der Waals surface area contributed by atoms with Gasteiger partial charge in [0.15, 0.2) is 4.88 Å². The summed E-state index contributed by atoms with van der Waals surface area (Å²) in [5, 5.41) is 0.621. The molecule has 0 amide bonds. The van der Waals surface area contributed by atoms with E-state index in [0.717, 1.165) is 17.0 Å². The Morgan fingerprint density at radius 3 is 2.56 bits per heavy atom. The molecule has 4 aromatic rings. The molecule has 1 aromatic carbocycles. The zero-order valence-corrected chi connectivity index (χ0v) is 24.0. The van der Waals surface area contributed by atoms with Crippen LogP contribution in [0.15, 0.2) is 42.6 Å². The van der Waals surface area contributed by atoms with E-state index in [9.17, 15) is 17.6 Å². The lowest BCUT2D eigenvalue weighted by molar-refractivity contribution is 0.0602. The molecule has 0 aliphatic carbocycles. The van der Waals surface area contributed by atoms with E-state index in [2.05, 4.69) is 4.98 Å². The van der Waals surface area contributed by atoms with Gasteiger partial charge in [-0.1, -0.05) is 0 Å². The number of sulfonamides is 1. The molecule has 0 saturated carbocycles. The van der Waals surface area contributed by atoms with Crippen LogP contribution in [0.5, 0.6) is 11.5 Å². The molecule has 0 aliphatic rings. The lowest BCUT2D eigenvalue weighted by atomic mass is 10.2. The highest BCUT2D eigenvalue weighted by atomic mass is 32.2. The van der Waals surface area contributed by atoms with Gasteiger partial charge in [-0.25, -0.2) is 17.6 Å². The van der Waals surface area contributed by atoms with Crippen LogP contribution in [0.3, 0.4) is 0 Å². The van der Waals surface area contributed by atoms with Gasteiger partial charge in [0.1, 0.15) is 17.3 Å². The van der Waals surface area contributed by atoms with E-state index in [1.165, 1.54) is 30.8 Å². The van der Waals surface area contributed by atoms with Crippen LogP contribution < -0.4 is 13.8 Å². The molecule has 0 fully saturated rings. The van der Waals surface area contributed by atoms with Crippen molar-refractivity contribution in [3.63, 3.8) is 0 Å². The van der Waals surface area contributed by atoms with Crippen LogP contribution in [0.1, 0.15) is 29.2 Å². The highest BCUT2D eigenvalue weighted by molar-refractivity contribution is 7.92. The van der Waals surface area contributed by atoms with Crippen molar-refractivity contribution in [2.45, 2.75) is 27.3 Å². The van der Waals surface area contributed by atoms with Gasteiger partial charge < -0.3 is 18.8 Å². The average Bonchev–Trinajstić information content (AvgIpc) is 3.50. The topological polar surface area (TPSA) is 100.0 Å². The largest absolute Gasteiger partial charge is 0.496 e. The minimum Gasteiger partial charge on any atom is -0.496 e. The van der Waals surface area contributed by atoms with Crippen LogP contribution >= 0.6 is 11.3 Å². The number of carbonyl (C=O) groups excluding carboxylic acids is 1. The molecule has 3 aromatic heterocycles. The van der Waals surface area contributed by atoms with Crippen molar-refractivity contribution in [2.75, 3.05) is 37.4 Å². The quantitative estimate of drug-likeness (QED) is 0.225. The number of methoxy groups -OCH3 is 2. The summed E-state index contributed by atoms with van der Waals surface area (Å²) >= 11 is 1.15. The molecule has 9 nitrogen and oxygen atoms in total. The Hall–Kier alpha value is -3.64. The van der Waals surface area contributed by atoms with Crippen LogP contribution in [0.4, 0.5) is 10.1 Å². The lowest BCUT2D eigenvalue weighted by Crippen LogP contribution is -2.35. The maximum atomic E-state index is 14.9. The number of aromatic nitrogens is 2. The SMILES string of the molecule is CCOc1cc(-c2cc(N(CCn3c(C)cc4c(OC)ccc(F)c43)S(=O)(=O)CC)ccn2)sc1C(=O)OC. The second-order valence-electron chi connectivity index (χ2n) is 8.55. The first-order chi connectivity index (χ1) is 18.6. The molecule has 0 aliphatic heterocycles. The number of benzene rings is 1. The smallest absolute Gasteiger partial charge is 0.351 e. The van der Waals surface area contributed by atoms with Crippen molar-refractivity contribution in [1.29, 1.82) is 0 Å². The van der Waals surface area contributed by atoms with Crippen molar-refractivity contribution < 1.29 is 31.8 Å². The monoisotopic (exact) mass is 575 g/mol. The Morgan fingerprint density at radius 1 is 1.13 bits per heavy atom. The molecule has 0 bridgehead atoms. The second kappa shape index (κ2) is 11.6. The zero-order valence-electron chi connectivity index (χ0n) is 22.4. The number of pyridine rings is 1. The average molecular weight is 576 g/mol. The predicted molar refractivity (Wildman–Crippen MR) is 150 cm³/mol. The molecule has 3 heterocycles. The number of ether oxygens (including phenoxy) is 3. The molecule has 12 heteroatoms. The summed E-state index contributed by atoms with van der Waals surface area (Å²) in [6, 6.07) is 9.69. The fraction of sp³-hybridized carbons (Fsp3) is 0.333. The van der Waals surface area contributed by atoms with Gasteiger partial charge in [0, 0.05) is 29.9 Å². The molecule has 0 radical (unpaired) electrons. The Balaban J connectivity index is 1.72. The van der Waals surface area contributed by atoms with Crippen LogP contribution in [0.25, 0.3) is 21.5 Å². The van der Waals surface area contributed by atoms with Gasteiger partial charge in [0.25, 0.3) is 0 Å². The van der Waals surface area contributed by atoms with Gasteiger partial charge >= 0.3 is 5.97 Å². The standard InChI is InChI=1S/C27H30FN3O6S2/c1-6-37-23-16-24(38-26(23)27(32)36-5)21-15-18(10-11-29-21)31(39(33,34)7-2)13-12-30-17(3)14-19-22(35-4)9-8-20(28)25(19)30/h8-11,14-16H,6-7,12-13H2,1-5H3. The van der Waals surface area contributed by atoms with E-state index < -0.39 is 21.8 Å². The van der Waals surface area contributed by atoms with Gasteiger partial charge in [-0.15, -0.1) is 11.3 Å². The van der Waals surface area contributed by atoms with Crippen molar-refractivity contribution in [1.82, 2.24) is 9.55 Å². The number of halogens is 1.